The summed E-state index contributed by atoms with van der Waals surface area (Å²) in [6.07, 6.45) is 3.32. The molecule has 2 N–H and O–H groups in total. The van der Waals surface area contributed by atoms with E-state index in [1.807, 2.05) is 10.8 Å². The van der Waals surface area contributed by atoms with Crippen molar-refractivity contribution in [2.75, 3.05) is 20.3 Å². The highest BCUT2D eigenvalue weighted by atomic mass is 79.9. The number of aryl methyl sites for hydroxylation is 1. The van der Waals surface area contributed by atoms with Gasteiger partial charge in [-0.3, -0.25) is 4.79 Å². The van der Waals surface area contributed by atoms with Crippen LogP contribution in [0.3, 0.4) is 0 Å². The molecule has 1 heterocycles. The zero-order valence-electron chi connectivity index (χ0n) is 12.3. The van der Waals surface area contributed by atoms with E-state index in [1.165, 1.54) is 0 Å². The van der Waals surface area contributed by atoms with Crippen molar-refractivity contribution in [2.45, 2.75) is 38.8 Å². The first-order chi connectivity index (χ1) is 9.39. The van der Waals surface area contributed by atoms with Gasteiger partial charge >= 0.3 is 0 Å². The van der Waals surface area contributed by atoms with Gasteiger partial charge in [0.25, 0.3) is 5.91 Å². The van der Waals surface area contributed by atoms with Crippen molar-refractivity contribution in [1.82, 2.24) is 9.88 Å². The van der Waals surface area contributed by atoms with Crippen molar-refractivity contribution in [3.63, 3.8) is 0 Å². The Morgan fingerprint density at radius 3 is 2.90 bits per heavy atom. The number of carbonyl (C=O) groups excluding carboxylic acids is 1. The zero-order chi connectivity index (χ0) is 15.2. The lowest BCUT2D eigenvalue weighted by molar-refractivity contribution is 0.0242. The van der Waals surface area contributed by atoms with E-state index >= 15 is 0 Å². The fourth-order valence-electron chi connectivity index (χ4n) is 1.86. The van der Waals surface area contributed by atoms with Gasteiger partial charge in [-0.1, -0.05) is 6.92 Å². The second-order valence-electron chi connectivity index (χ2n) is 5.16. The maximum Gasteiger partial charge on any atom is 0.268 e. The normalized spacial score (nSPS) is 14.1. The van der Waals surface area contributed by atoms with E-state index in [9.17, 15) is 9.90 Å². The van der Waals surface area contributed by atoms with Crippen molar-refractivity contribution in [1.29, 1.82) is 0 Å². The number of methoxy groups -OCH3 is 1. The lowest BCUT2D eigenvalue weighted by Crippen LogP contribution is -2.41. The summed E-state index contributed by atoms with van der Waals surface area (Å²) in [6.45, 7) is 5.19. The first-order valence-corrected chi connectivity index (χ1v) is 7.54. The fraction of sp³-hybridized carbons (Fsp3) is 0.643. The van der Waals surface area contributed by atoms with E-state index in [1.54, 1.807) is 20.1 Å². The first-order valence-electron chi connectivity index (χ1n) is 6.75. The Kier molecular flexibility index (Phi) is 6.71. The topological polar surface area (TPSA) is 63.5 Å². The minimum atomic E-state index is -0.967. The number of aromatic nitrogens is 1. The molecule has 1 aromatic heterocycles. The fourth-order valence-corrected chi connectivity index (χ4v) is 2.33. The van der Waals surface area contributed by atoms with Gasteiger partial charge in [-0.2, -0.15) is 0 Å². The number of hydrogen-bond acceptors (Lipinski definition) is 3. The largest absolute Gasteiger partial charge is 0.388 e. The Hall–Kier alpha value is -0.850. The number of carbonyl (C=O) groups is 1. The lowest BCUT2D eigenvalue weighted by atomic mass is 10.0. The monoisotopic (exact) mass is 346 g/mol. The molecular formula is C14H23BrN2O3. The van der Waals surface area contributed by atoms with Crippen molar-refractivity contribution >= 4 is 21.8 Å². The number of amides is 1. The summed E-state index contributed by atoms with van der Waals surface area (Å²) in [6, 6.07) is 1.79. The summed E-state index contributed by atoms with van der Waals surface area (Å²) in [5.41, 5.74) is -0.369. The molecule has 20 heavy (non-hydrogen) atoms. The standard InChI is InChI=1S/C14H23BrN2O3/c1-4-6-17-9-11(15)8-12(17)13(18)16-10-14(2,19)5-7-20-3/h8-9,19H,4-7,10H2,1-3H3,(H,16,18). The van der Waals surface area contributed by atoms with Crippen LogP contribution < -0.4 is 5.32 Å². The van der Waals surface area contributed by atoms with Crippen LogP contribution in [0.1, 0.15) is 37.2 Å². The second-order valence-corrected chi connectivity index (χ2v) is 6.08. The third kappa shape index (κ3) is 5.26. The Labute approximate surface area is 128 Å². The predicted octanol–water partition coefficient (Wildman–Crippen LogP) is 2.18. The van der Waals surface area contributed by atoms with Gasteiger partial charge < -0.3 is 19.7 Å². The van der Waals surface area contributed by atoms with E-state index in [-0.39, 0.29) is 12.5 Å². The number of ether oxygens (including phenoxy) is 1. The quantitative estimate of drug-likeness (QED) is 0.758. The van der Waals surface area contributed by atoms with E-state index in [0.717, 1.165) is 17.4 Å². The maximum atomic E-state index is 12.2. The van der Waals surface area contributed by atoms with Crippen LogP contribution in [0.2, 0.25) is 0 Å². The molecule has 1 rings (SSSR count). The molecule has 1 aromatic rings. The molecule has 1 atom stereocenters. The number of aliphatic hydroxyl groups is 1. The van der Waals surface area contributed by atoms with E-state index < -0.39 is 5.60 Å². The number of nitrogens with one attached hydrogen (secondary N) is 1. The summed E-state index contributed by atoms with van der Waals surface area (Å²) in [5.74, 6) is -0.179. The average Bonchev–Trinajstić information content (AvgIpc) is 2.75. The summed E-state index contributed by atoms with van der Waals surface area (Å²) < 4.78 is 7.72. The minimum Gasteiger partial charge on any atom is -0.388 e. The third-order valence-electron chi connectivity index (χ3n) is 3.03. The highest BCUT2D eigenvalue weighted by Crippen LogP contribution is 2.16. The van der Waals surface area contributed by atoms with Crippen LogP contribution >= 0.6 is 15.9 Å². The molecule has 0 aliphatic rings. The van der Waals surface area contributed by atoms with Crippen LogP contribution in [-0.2, 0) is 11.3 Å². The molecule has 0 spiro atoms. The first kappa shape index (κ1) is 17.2. The van der Waals surface area contributed by atoms with Gasteiger partial charge in [0.15, 0.2) is 0 Å². The Morgan fingerprint density at radius 2 is 2.30 bits per heavy atom. The average molecular weight is 347 g/mol. The molecule has 1 amide bonds. The Balaban J connectivity index is 2.62. The summed E-state index contributed by atoms with van der Waals surface area (Å²) in [7, 11) is 1.59. The van der Waals surface area contributed by atoms with Crippen LogP contribution in [-0.4, -0.2) is 41.4 Å². The molecule has 5 nitrogen and oxygen atoms in total. The molecule has 0 radical (unpaired) electrons. The van der Waals surface area contributed by atoms with E-state index in [4.69, 9.17) is 4.74 Å². The molecule has 0 aromatic carbocycles. The van der Waals surface area contributed by atoms with Gasteiger partial charge in [-0.05, 0) is 35.3 Å². The van der Waals surface area contributed by atoms with Gasteiger partial charge in [-0.25, -0.2) is 0 Å². The van der Waals surface area contributed by atoms with E-state index in [0.29, 0.717) is 18.7 Å². The van der Waals surface area contributed by atoms with Gasteiger partial charge in [0.1, 0.15) is 5.69 Å². The minimum absolute atomic E-state index is 0.179. The Morgan fingerprint density at radius 1 is 1.60 bits per heavy atom. The maximum absolute atomic E-state index is 12.2. The molecule has 6 heteroatoms. The molecule has 1 unspecified atom stereocenters. The van der Waals surface area contributed by atoms with E-state index in [2.05, 4.69) is 28.2 Å². The number of rotatable bonds is 8. The van der Waals surface area contributed by atoms with Gasteiger partial charge in [-0.15, -0.1) is 0 Å². The molecule has 0 aliphatic carbocycles. The lowest BCUT2D eigenvalue weighted by Gasteiger charge is -2.23. The van der Waals surface area contributed by atoms with Crippen molar-refractivity contribution in [3.8, 4) is 0 Å². The van der Waals surface area contributed by atoms with Crippen molar-refractivity contribution < 1.29 is 14.6 Å². The van der Waals surface area contributed by atoms with Crippen LogP contribution in [0.25, 0.3) is 0 Å². The molecule has 0 fully saturated rings. The second kappa shape index (κ2) is 7.81. The van der Waals surface area contributed by atoms with Crippen LogP contribution in [0.4, 0.5) is 0 Å². The highest BCUT2D eigenvalue weighted by molar-refractivity contribution is 9.10. The SMILES string of the molecule is CCCn1cc(Br)cc1C(=O)NCC(C)(O)CCOC. The molecule has 0 saturated carbocycles. The van der Waals surface area contributed by atoms with Crippen molar-refractivity contribution in [3.05, 3.63) is 22.4 Å². The zero-order valence-corrected chi connectivity index (χ0v) is 13.9. The third-order valence-corrected chi connectivity index (χ3v) is 3.47. The van der Waals surface area contributed by atoms with Crippen molar-refractivity contribution in [2.24, 2.45) is 0 Å². The van der Waals surface area contributed by atoms with Crippen LogP contribution in [0, 0.1) is 0 Å². The highest BCUT2D eigenvalue weighted by Gasteiger charge is 2.22. The predicted molar refractivity (Wildman–Crippen MR) is 81.9 cm³/mol. The molecule has 0 bridgehead atoms. The smallest absolute Gasteiger partial charge is 0.268 e. The summed E-state index contributed by atoms with van der Waals surface area (Å²) >= 11 is 3.38. The van der Waals surface area contributed by atoms with Gasteiger partial charge in [0.05, 0.1) is 5.60 Å². The van der Waals surface area contributed by atoms with Gasteiger partial charge in [0.2, 0.25) is 0 Å². The molecule has 114 valence electrons. The van der Waals surface area contributed by atoms with Gasteiger partial charge in [0, 0.05) is 43.9 Å². The number of halogens is 1. The number of nitrogens with zero attached hydrogens (tertiary/aromatic N) is 1. The summed E-state index contributed by atoms with van der Waals surface area (Å²) in [5, 5.41) is 12.9. The summed E-state index contributed by atoms with van der Waals surface area (Å²) in [4.78, 5) is 12.2. The molecular weight excluding hydrogens is 324 g/mol. The molecule has 0 aliphatic heterocycles. The molecule has 0 saturated heterocycles. The Bertz CT molecular complexity index is 444. The van der Waals surface area contributed by atoms with Crippen LogP contribution in [0.15, 0.2) is 16.7 Å². The van der Waals surface area contributed by atoms with Crippen LogP contribution in [0.5, 0.6) is 0 Å². The number of hydrogen-bond donors (Lipinski definition) is 2.